The van der Waals surface area contributed by atoms with Gasteiger partial charge in [0.2, 0.25) is 10.0 Å². The first-order chi connectivity index (χ1) is 9.57. The van der Waals surface area contributed by atoms with Crippen LogP contribution in [0.15, 0.2) is 41.7 Å². The van der Waals surface area contributed by atoms with Gasteiger partial charge in [-0.25, -0.2) is 18.4 Å². The molecule has 0 atom stereocenters. The Morgan fingerprint density at radius 1 is 1.25 bits per heavy atom. The van der Waals surface area contributed by atoms with Crippen molar-refractivity contribution in [3.63, 3.8) is 0 Å². The Balaban J connectivity index is 1.75. The Morgan fingerprint density at radius 3 is 2.70 bits per heavy atom. The zero-order valence-corrected chi connectivity index (χ0v) is 11.8. The highest BCUT2D eigenvalue weighted by atomic mass is 32.2. The van der Waals surface area contributed by atoms with E-state index >= 15 is 0 Å². The quantitative estimate of drug-likeness (QED) is 0.842. The van der Waals surface area contributed by atoms with Crippen LogP contribution >= 0.6 is 0 Å². The fraction of sp³-hybridized carbons (Fsp3) is 0.308. The maximum atomic E-state index is 12.3. The third-order valence-corrected chi connectivity index (χ3v) is 5.15. The molecule has 1 aliphatic heterocycles. The van der Waals surface area contributed by atoms with E-state index in [0.717, 1.165) is 5.69 Å². The standard InChI is InChI=1S/C13H14N4O2S/c1-10-15-6-4-13(16-10)11-8-17(9-11)20(18,19)12-3-2-5-14-7-12/h2-7,11H,8-9H2,1H3. The van der Waals surface area contributed by atoms with Gasteiger partial charge in [0.25, 0.3) is 0 Å². The fourth-order valence-electron chi connectivity index (χ4n) is 2.17. The summed E-state index contributed by atoms with van der Waals surface area (Å²) in [5, 5.41) is 0. The van der Waals surface area contributed by atoms with Crippen molar-refractivity contribution in [3.05, 3.63) is 48.3 Å². The summed E-state index contributed by atoms with van der Waals surface area (Å²) in [5.74, 6) is 0.846. The van der Waals surface area contributed by atoms with E-state index in [1.807, 2.05) is 13.0 Å². The van der Waals surface area contributed by atoms with Crippen molar-refractivity contribution < 1.29 is 8.42 Å². The van der Waals surface area contributed by atoms with E-state index in [4.69, 9.17) is 0 Å². The molecule has 0 N–H and O–H groups in total. The number of rotatable bonds is 3. The lowest BCUT2D eigenvalue weighted by molar-refractivity contribution is 0.260. The van der Waals surface area contributed by atoms with Gasteiger partial charge in [-0.1, -0.05) is 0 Å². The highest BCUT2D eigenvalue weighted by Gasteiger charge is 2.38. The van der Waals surface area contributed by atoms with Gasteiger partial charge in [0.15, 0.2) is 0 Å². The van der Waals surface area contributed by atoms with E-state index in [2.05, 4.69) is 15.0 Å². The molecule has 0 aromatic carbocycles. The number of aromatic nitrogens is 3. The Labute approximate surface area is 117 Å². The van der Waals surface area contributed by atoms with E-state index < -0.39 is 10.0 Å². The predicted octanol–water partition coefficient (Wildman–Crippen LogP) is 0.968. The molecule has 7 heteroatoms. The summed E-state index contributed by atoms with van der Waals surface area (Å²) >= 11 is 0. The molecule has 3 rings (SSSR count). The Kier molecular flexibility index (Phi) is 3.23. The van der Waals surface area contributed by atoms with Gasteiger partial charge >= 0.3 is 0 Å². The van der Waals surface area contributed by atoms with E-state index in [1.54, 1.807) is 24.5 Å². The number of aryl methyl sites for hydroxylation is 1. The Bertz CT molecular complexity index is 712. The summed E-state index contributed by atoms with van der Waals surface area (Å²) in [5.41, 5.74) is 0.898. The van der Waals surface area contributed by atoms with E-state index in [9.17, 15) is 8.42 Å². The van der Waals surface area contributed by atoms with Gasteiger partial charge in [-0.05, 0) is 25.1 Å². The first-order valence-electron chi connectivity index (χ1n) is 6.27. The lowest BCUT2D eigenvalue weighted by Gasteiger charge is -2.37. The summed E-state index contributed by atoms with van der Waals surface area (Å²) in [4.78, 5) is 12.5. The van der Waals surface area contributed by atoms with Crippen molar-refractivity contribution in [2.24, 2.45) is 0 Å². The molecule has 0 radical (unpaired) electrons. The first-order valence-corrected chi connectivity index (χ1v) is 7.71. The molecule has 1 saturated heterocycles. The molecule has 0 saturated carbocycles. The van der Waals surface area contributed by atoms with E-state index in [-0.39, 0.29) is 10.8 Å². The van der Waals surface area contributed by atoms with Crippen LogP contribution in [0.3, 0.4) is 0 Å². The van der Waals surface area contributed by atoms with Gasteiger partial charge in [-0.3, -0.25) is 4.98 Å². The average molecular weight is 290 g/mol. The van der Waals surface area contributed by atoms with Crippen molar-refractivity contribution in [1.82, 2.24) is 19.3 Å². The van der Waals surface area contributed by atoms with Crippen LogP contribution in [0, 0.1) is 6.92 Å². The first kappa shape index (κ1) is 13.1. The van der Waals surface area contributed by atoms with Crippen molar-refractivity contribution in [2.75, 3.05) is 13.1 Å². The lowest BCUT2D eigenvalue weighted by Crippen LogP contribution is -2.48. The molecule has 0 spiro atoms. The van der Waals surface area contributed by atoms with Crippen molar-refractivity contribution in [2.45, 2.75) is 17.7 Å². The molecular formula is C13H14N4O2S. The number of pyridine rings is 1. The molecule has 0 amide bonds. The SMILES string of the molecule is Cc1nccc(C2CN(S(=O)(=O)c3cccnc3)C2)n1. The molecule has 104 valence electrons. The molecule has 1 fully saturated rings. The normalized spacial score (nSPS) is 16.9. The van der Waals surface area contributed by atoms with Crippen LogP contribution in [0.1, 0.15) is 17.4 Å². The third-order valence-electron chi connectivity index (χ3n) is 3.34. The molecule has 2 aromatic heterocycles. The van der Waals surface area contributed by atoms with Crippen LogP contribution in [0.4, 0.5) is 0 Å². The van der Waals surface area contributed by atoms with Crippen LogP contribution < -0.4 is 0 Å². The average Bonchev–Trinajstić information content (AvgIpc) is 2.38. The second kappa shape index (κ2) is 4.92. The van der Waals surface area contributed by atoms with Gasteiger partial charge in [-0.15, -0.1) is 0 Å². The Morgan fingerprint density at radius 2 is 2.05 bits per heavy atom. The zero-order valence-electron chi connectivity index (χ0n) is 11.0. The van der Waals surface area contributed by atoms with Gasteiger partial charge in [0, 0.05) is 43.3 Å². The smallest absolute Gasteiger partial charge is 0.244 e. The second-order valence-corrected chi connectivity index (χ2v) is 6.67. The molecule has 2 aromatic rings. The molecule has 6 nitrogen and oxygen atoms in total. The predicted molar refractivity (Wildman–Crippen MR) is 72.5 cm³/mol. The van der Waals surface area contributed by atoms with Crippen LogP contribution in [0.5, 0.6) is 0 Å². The summed E-state index contributed by atoms with van der Waals surface area (Å²) in [6.07, 6.45) is 4.63. The number of hydrogen-bond acceptors (Lipinski definition) is 5. The monoisotopic (exact) mass is 290 g/mol. The molecule has 1 aliphatic rings. The lowest BCUT2D eigenvalue weighted by atomic mass is 9.99. The summed E-state index contributed by atoms with van der Waals surface area (Å²) in [7, 11) is -3.43. The van der Waals surface area contributed by atoms with Crippen LogP contribution in [0.2, 0.25) is 0 Å². The highest BCUT2D eigenvalue weighted by molar-refractivity contribution is 7.89. The maximum Gasteiger partial charge on any atom is 0.244 e. The fourth-order valence-corrected chi connectivity index (χ4v) is 3.67. The van der Waals surface area contributed by atoms with Crippen molar-refractivity contribution in [3.8, 4) is 0 Å². The number of sulfonamides is 1. The number of hydrogen-bond donors (Lipinski definition) is 0. The van der Waals surface area contributed by atoms with E-state index in [0.29, 0.717) is 18.9 Å². The molecule has 20 heavy (non-hydrogen) atoms. The minimum atomic E-state index is -3.43. The van der Waals surface area contributed by atoms with Gasteiger partial charge in [-0.2, -0.15) is 4.31 Å². The number of nitrogens with zero attached hydrogens (tertiary/aromatic N) is 4. The second-order valence-electron chi connectivity index (χ2n) is 4.74. The topological polar surface area (TPSA) is 76.1 Å². The minimum Gasteiger partial charge on any atom is -0.263 e. The van der Waals surface area contributed by atoms with Crippen molar-refractivity contribution >= 4 is 10.0 Å². The molecule has 0 bridgehead atoms. The zero-order chi connectivity index (χ0) is 14.2. The summed E-state index contributed by atoms with van der Waals surface area (Å²) in [6.45, 7) is 2.73. The summed E-state index contributed by atoms with van der Waals surface area (Å²) < 4.78 is 26.1. The third kappa shape index (κ3) is 2.30. The van der Waals surface area contributed by atoms with Crippen molar-refractivity contribution in [1.29, 1.82) is 0 Å². The molecule has 0 aliphatic carbocycles. The summed E-state index contributed by atoms with van der Waals surface area (Å²) in [6, 6.07) is 5.02. The molecule has 0 unspecified atom stereocenters. The molecule has 3 heterocycles. The molecular weight excluding hydrogens is 276 g/mol. The highest BCUT2D eigenvalue weighted by Crippen LogP contribution is 2.30. The van der Waals surface area contributed by atoms with Gasteiger partial charge < -0.3 is 0 Å². The Hall–Kier alpha value is -1.86. The van der Waals surface area contributed by atoms with Crippen LogP contribution in [0.25, 0.3) is 0 Å². The van der Waals surface area contributed by atoms with Crippen LogP contribution in [-0.4, -0.2) is 40.8 Å². The van der Waals surface area contributed by atoms with Gasteiger partial charge in [0.05, 0.1) is 0 Å². The van der Waals surface area contributed by atoms with E-state index in [1.165, 1.54) is 10.5 Å². The van der Waals surface area contributed by atoms with Crippen LogP contribution in [-0.2, 0) is 10.0 Å². The largest absolute Gasteiger partial charge is 0.263 e. The van der Waals surface area contributed by atoms with Gasteiger partial charge in [0.1, 0.15) is 10.7 Å². The maximum absolute atomic E-state index is 12.3. The minimum absolute atomic E-state index is 0.142.